The molecule has 1 aromatic heterocycles. The third-order valence-corrected chi connectivity index (χ3v) is 2.66. The molecule has 0 aliphatic heterocycles. The van der Waals surface area contributed by atoms with Crippen molar-refractivity contribution >= 4 is 23.0 Å². The quantitative estimate of drug-likeness (QED) is 0.918. The minimum absolute atomic E-state index is 0.346. The highest BCUT2D eigenvalue weighted by Crippen LogP contribution is 2.29. The fourth-order valence-corrected chi connectivity index (χ4v) is 1.62. The first-order valence-electron chi connectivity index (χ1n) is 5.19. The Kier molecular flexibility index (Phi) is 3.66. The molecule has 0 aliphatic carbocycles. The zero-order valence-electron chi connectivity index (χ0n) is 9.64. The van der Waals surface area contributed by atoms with Gasteiger partial charge in [-0.3, -0.25) is 0 Å². The molecule has 0 radical (unpaired) electrons. The largest absolute Gasteiger partial charge is 0.497 e. The first-order chi connectivity index (χ1) is 8.72. The van der Waals surface area contributed by atoms with E-state index in [9.17, 15) is 0 Å². The van der Waals surface area contributed by atoms with E-state index in [1.807, 2.05) is 6.07 Å². The third-order valence-electron chi connectivity index (χ3n) is 2.33. The first-order valence-corrected chi connectivity index (χ1v) is 5.57. The number of nitrogens with zero attached hydrogens (tertiary/aromatic N) is 2. The molecule has 90 valence electrons. The molecular formula is C13H10ClN3O. The summed E-state index contributed by atoms with van der Waals surface area (Å²) in [5.74, 6) is 0.705. The van der Waals surface area contributed by atoms with Crippen LogP contribution in [0.15, 0.2) is 36.5 Å². The van der Waals surface area contributed by atoms with Crippen LogP contribution in [0.25, 0.3) is 0 Å². The van der Waals surface area contributed by atoms with Gasteiger partial charge in [-0.15, -0.1) is 0 Å². The van der Waals surface area contributed by atoms with Crippen LogP contribution in [0.3, 0.4) is 0 Å². The Hall–Kier alpha value is -2.25. The number of halogens is 1. The second-order valence-electron chi connectivity index (χ2n) is 3.51. The number of benzene rings is 1. The average Bonchev–Trinajstić information content (AvgIpc) is 2.41. The maximum absolute atomic E-state index is 8.78. The van der Waals surface area contributed by atoms with Crippen LogP contribution in [0.5, 0.6) is 5.75 Å². The van der Waals surface area contributed by atoms with Gasteiger partial charge in [0.15, 0.2) is 0 Å². The Bertz CT molecular complexity index is 607. The number of nitriles is 1. The number of pyridine rings is 1. The average molecular weight is 260 g/mol. The molecule has 0 spiro atoms. The van der Waals surface area contributed by atoms with Gasteiger partial charge in [-0.05, 0) is 24.3 Å². The highest BCUT2D eigenvalue weighted by molar-refractivity contribution is 6.33. The fraction of sp³-hybridized carbons (Fsp3) is 0.0769. The minimum atomic E-state index is 0.346. The predicted molar refractivity (Wildman–Crippen MR) is 70.2 cm³/mol. The molecule has 1 aromatic carbocycles. The molecule has 0 unspecified atom stereocenters. The molecule has 5 heteroatoms. The van der Waals surface area contributed by atoms with Gasteiger partial charge in [0.1, 0.15) is 17.5 Å². The highest BCUT2D eigenvalue weighted by atomic mass is 35.5. The molecule has 0 bridgehead atoms. The number of aromatic nitrogens is 1. The van der Waals surface area contributed by atoms with Gasteiger partial charge in [0, 0.05) is 18.0 Å². The highest BCUT2D eigenvalue weighted by Gasteiger charge is 2.03. The number of rotatable bonds is 3. The van der Waals surface area contributed by atoms with Crippen molar-refractivity contribution in [2.75, 3.05) is 12.4 Å². The van der Waals surface area contributed by atoms with Crippen molar-refractivity contribution < 1.29 is 4.74 Å². The summed E-state index contributed by atoms with van der Waals surface area (Å²) >= 11 is 6.08. The summed E-state index contributed by atoms with van der Waals surface area (Å²) in [6.07, 6.45) is 1.56. The Balaban J connectivity index is 2.30. The summed E-state index contributed by atoms with van der Waals surface area (Å²) in [4.78, 5) is 3.90. The van der Waals surface area contributed by atoms with Gasteiger partial charge < -0.3 is 10.1 Å². The second kappa shape index (κ2) is 5.39. The van der Waals surface area contributed by atoms with Gasteiger partial charge in [0.25, 0.3) is 0 Å². The van der Waals surface area contributed by atoms with E-state index in [4.69, 9.17) is 21.6 Å². The topological polar surface area (TPSA) is 57.9 Å². The monoisotopic (exact) mass is 259 g/mol. The Morgan fingerprint density at radius 1 is 1.33 bits per heavy atom. The third kappa shape index (κ3) is 2.70. The molecule has 1 N–H and O–H groups in total. The van der Waals surface area contributed by atoms with Gasteiger partial charge in [-0.25, -0.2) is 4.98 Å². The lowest BCUT2D eigenvalue weighted by Gasteiger charge is -2.10. The minimum Gasteiger partial charge on any atom is -0.497 e. The summed E-state index contributed by atoms with van der Waals surface area (Å²) < 4.78 is 5.13. The molecule has 0 amide bonds. The van der Waals surface area contributed by atoms with Crippen LogP contribution < -0.4 is 10.1 Å². The maximum Gasteiger partial charge on any atom is 0.142 e. The van der Waals surface area contributed by atoms with Crippen molar-refractivity contribution in [3.8, 4) is 11.8 Å². The van der Waals surface area contributed by atoms with E-state index >= 15 is 0 Å². The number of methoxy groups -OCH3 is 1. The van der Waals surface area contributed by atoms with E-state index in [-0.39, 0.29) is 0 Å². The number of anilines is 2. The Morgan fingerprint density at radius 3 is 2.89 bits per heavy atom. The summed E-state index contributed by atoms with van der Waals surface area (Å²) in [5.41, 5.74) is 1.81. The fourth-order valence-electron chi connectivity index (χ4n) is 1.45. The van der Waals surface area contributed by atoms with Crippen LogP contribution in [-0.4, -0.2) is 12.1 Å². The second-order valence-corrected chi connectivity index (χ2v) is 3.92. The van der Waals surface area contributed by atoms with Gasteiger partial charge in [0.05, 0.1) is 17.8 Å². The van der Waals surface area contributed by atoms with E-state index in [1.54, 1.807) is 43.6 Å². The number of nitrogens with one attached hydrogen (secondary N) is 1. The lowest BCUT2D eigenvalue weighted by atomic mass is 10.2. The van der Waals surface area contributed by atoms with Crippen molar-refractivity contribution in [3.05, 3.63) is 47.2 Å². The molecule has 4 nitrogen and oxygen atoms in total. The van der Waals surface area contributed by atoms with Gasteiger partial charge in [-0.2, -0.15) is 5.26 Å². The van der Waals surface area contributed by atoms with E-state index in [1.165, 1.54) is 0 Å². The van der Waals surface area contributed by atoms with Crippen LogP contribution >= 0.6 is 11.6 Å². The molecule has 0 aliphatic rings. The van der Waals surface area contributed by atoms with Crippen molar-refractivity contribution in [1.29, 1.82) is 5.26 Å². The predicted octanol–water partition coefficient (Wildman–Crippen LogP) is 3.36. The van der Waals surface area contributed by atoms with Crippen LogP contribution in [0, 0.1) is 11.3 Å². The Labute approximate surface area is 110 Å². The van der Waals surface area contributed by atoms with Crippen LogP contribution in [0.2, 0.25) is 5.02 Å². The Morgan fingerprint density at radius 2 is 2.17 bits per heavy atom. The van der Waals surface area contributed by atoms with E-state index in [2.05, 4.69) is 10.3 Å². The lowest BCUT2D eigenvalue weighted by Crippen LogP contribution is -1.94. The number of hydrogen-bond donors (Lipinski definition) is 1. The summed E-state index contributed by atoms with van der Waals surface area (Å²) in [6.45, 7) is 0. The molecular weight excluding hydrogens is 250 g/mol. The van der Waals surface area contributed by atoms with Gasteiger partial charge >= 0.3 is 0 Å². The SMILES string of the molecule is COc1ccc(Cl)c(Nc2ccnc(C#N)c2)c1. The van der Waals surface area contributed by atoms with E-state index in [0.29, 0.717) is 22.2 Å². The molecule has 2 rings (SSSR count). The van der Waals surface area contributed by atoms with Crippen LogP contribution in [0.4, 0.5) is 11.4 Å². The van der Waals surface area contributed by atoms with Crippen molar-refractivity contribution in [2.45, 2.75) is 0 Å². The molecule has 0 atom stereocenters. The zero-order valence-corrected chi connectivity index (χ0v) is 10.4. The summed E-state index contributed by atoms with van der Waals surface area (Å²) in [6, 6.07) is 10.7. The molecule has 0 saturated heterocycles. The standard InChI is InChI=1S/C13H10ClN3O/c1-18-11-2-3-12(14)13(7-11)17-9-4-5-16-10(6-9)8-15/h2-7H,1H3,(H,16,17). The molecule has 0 saturated carbocycles. The van der Waals surface area contributed by atoms with Gasteiger partial charge in [-0.1, -0.05) is 11.6 Å². The smallest absolute Gasteiger partial charge is 0.142 e. The molecule has 1 heterocycles. The van der Waals surface area contributed by atoms with Crippen LogP contribution in [0.1, 0.15) is 5.69 Å². The maximum atomic E-state index is 8.78. The van der Waals surface area contributed by atoms with Crippen molar-refractivity contribution in [3.63, 3.8) is 0 Å². The first kappa shape index (κ1) is 12.2. The zero-order chi connectivity index (χ0) is 13.0. The molecule has 18 heavy (non-hydrogen) atoms. The number of hydrogen-bond acceptors (Lipinski definition) is 4. The molecule has 0 fully saturated rings. The van der Waals surface area contributed by atoms with E-state index in [0.717, 1.165) is 5.69 Å². The number of ether oxygens (including phenoxy) is 1. The molecule has 2 aromatic rings. The van der Waals surface area contributed by atoms with E-state index < -0.39 is 0 Å². The summed E-state index contributed by atoms with van der Waals surface area (Å²) in [5, 5.41) is 12.5. The van der Waals surface area contributed by atoms with Crippen molar-refractivity contribution in [1.82, 2.24) is 4.98 Å². The van der Waals surface area contributed by atoms with Crippen molar-refractivity contribution in [2.24, 2.45) is 0 Å². The van der Waals surface area contributed by atoms with Gasteiger partial charge in [0.2, 0.25) is 0 Å². The van der Waals surface area contributed by atoms with Crippen LogP contribution in [-0.2, 0) is 0 Å². The summed E-state index contributed by atoms with van der Waals surface area (Å²) in [7, 11) is 1.59. The lowest BCUT2D eigenvalue weighted by molar-refractivity contribution is 0.415. The normalized spacial score (nSPS) is 9.61.